The monoisotopic (exact) mass is 393 g/mol. The van der Waals surface area contributed by atoms with Gasteiger partial charge in [0.1, 0.15) is 0 Å². The molecule has 0 bridgehead atoms. The van der Waals surface area contributed by atoms with E-state index in [1.54, 1.807) is 35.6 Å². The topological polar surface area (TPSA) is 109 Å². The number of urea groups is 1. The molecule has 8 nitrogen and oxygen atoms in total. The van der Waals surface area contributed by atoms with E-state index in [0.717, 1.165) is 10.5 Å². The van der Waals surface area contributed by atoms with E-state index in [2.05, 4.69) is 32.2 Å². The zero-order valence-electron chi connectivity index (χ0n) is 15.5. The maximum atomic E-state index is 12.5. The first-order chi connectivity index (χ1) is 13.6. The van der Waals surface area contributed by atoms with Gasteiger partial charge in [-0.05, 0) is 41.6 Å². The van der Waals surface area contributed by atoms with Crippen molar-refractivity contribution in [3.8, 4) is 17.5 Å². The van der Waals surface area contributed by atoms with Crippen molar-refractivity contribution >= 4 is 29.2 Å². The Bertz CT molecular complexity index is 1010. The molecule has 1 heterocycles. The summed E-state index contributed by atoms with van der Waals surface area (Å²) >= 11 is 1.54. The Morgan fingerprint density at radius 2 is 2.07 bits per heavy atom. The number of para-hydroxylation sites is 1. The number of nitrogens with zero attached hydrogens (tertiary/aromatic N) is 5. The highest BCUT2D eigenvalue weighted by Crippen LogP contribution is 2.28. The molecule has 2 aromatic carbocycles. The lowest BCUT2D eigenvalue weighted by Crippen LogP contribution is -2.19. The number of nitriles is 1. The van der Waals surface area contributed by atoms with Crippen molar-refractivity contribution in [3.63, 3.8) is 0 Å². The highest BCUT2D eigenvalue weighted by Gasteiger charge is 2.11. The van der Waals surface area contributed by atoms with E-state index in [9.17, 15) is 4.79 Å². The summed E-state index contributed by atoms with van der Waals surface area (Å²) in [5.41, 5.74) is 2.12. The zero-order chi connectivity index (χ0) is 19.9. The van der Waals surface area contributed by atoms with Crippen LogP contribution in [0.25, 0.3) is 11.4 Å². The third-order valence-corrected chi connectivity index (χ3v) is 5.18. The molecule has 142 valence electrons. The highest BCUT2D eigenvalue weighted by atomic mass is 32.2. The molecule has 1 atom stereocenters. The molecule has 0 saturated heterocycles. The summed E-state index contributed by atoms with van der Waals surface area (Å²) in [6.45, 7) is 1.87. The number of nitrogens with one attached hydrogen (secondary N) is 2. The molecule has 0 saturated carbocycles. The van der Waals surface area contributed by atoms with Crippen molar-refractivity contribution in [1.29, 1.82) is 5.26 Å². The Labute approximate surface area is 166 Å². The molecular weight excluding hydrogens is 374 g/mol. The molecule has 0 aliphatic carbocycles. The van der Waals surface area contributed by atoms with Crippen LogP contribution >= 0.6 is 11.8 Å². The number of carbonyl (C=O) groups excluding carboxylic acids is 1. The standard InChI is InChI=1S/C19H19N7OS/c1-13(11-20)12-28-17-9-4-3-8-16(17)22-19(27)21-15-7-5-6-14(10-15)18-23-24-25-26(18)2/h3-10,13H,12H2,1-2H3,(H2,21,22,27)/t13-/m1/s1. The zero-order valence-corrected chi connectivity index (χ0v) is 16.3. The number of carbonyl (C=O) groups is 1. The van der Waals surface area contributed by atoms with Gasteiger partial charge < -0.3 is 10.6 Å². The van der Waals surface area contributed by atoms with Crippen LogP contribution in [0.2, 0.25) is 0 Å². The van der Waals surface area contributed by atoms with Gasteiger partial charge in [0.2, 0.25) is 0 Å². The molecule has 0 unspecified atom stereocenters. The lowest BCUT2D eigenvalue weighted by molar-refractivity contribution is 0.262. The van der Waals surface area contributed by atoms with Crippen molar-refractivity contribution in [3.05, 3.63) is 48.5 Å². The Kier molecular flexibility index (Phi) is 6.24. The lowest BCUT2D eigenvalue weighted by atomic mass is 10.2. The molecular formula is C19H19N7OS. The molecule has 3 aromatic rings. The van der Waals surface area contributed by atoms with Gasteiger partial charge >= 0.3 is 6.03 Å². The summed E-state index contributed by atoms with van der Waals surface area (Å²) in [4.78, 5) is 13.4. The maximum absolute atomic E-state index is 12.5. The van der Waals surface area contributed by atoms with Crippen LogP contribution in [0.15, 0.2) is 53.4 Å². The smallest absolute Gasteiger partial charge is 0.308 e. The third kappa shape index (κ3) is 4.86. The van der Waals surface area contributed by atoms with Gasteiger partial charge in [-0.2, -0.15) is 5.26 Å². The predicted molar refractivity (Wildman–Crippen MR) is 109 cm³/mol. The highest BCUT2D eigenvalue weighted by molar-refractivity contribution is 7.99. The molecule has 3 rings (SSSR count). The van der Waals surface area contributed by atoms with Crippen LogP contribution in [-0.2, 0) is 7.05 Å². The molecule has 28 heavy (non-hydrogen) atoms. The summed E-state index contributed by atoms with van der Waals surface area (Å²) < 4.78 is 1.56. The molecule has 2 amide bonds. The fourth-order valence-electron chi connectivity index (χ4n) is 2.44. The van der Waals surface area contributed by atoms with E-state index < -0.39 is 0 Å². The van der Waals surface area contributed by atoms with Gasteiger partial charge in [0, 0.05) is 28.9 Å². The number of aryl methyl sites for hydroxylation is 1. The number of hydrogen-bond acceptors (Lipinski definition) is 6. The summed E-state index contributed by atoms with van der Waals surface area (Å²) in [6, 6.07) is 16.7. The SMILES string of the molecule is C[C@H](C#N)CSc1ccccc1NC(=O)Nc1cccc(-c2nnnn2C)c1. The van der Waals surface area contributed by atoms with E-state index in [1.807, 2.05) is 43.3 Å². The number of thioether (sulfide) groups is 1. The number of hydrogen-bond donors (Lipinski definition) is 2. The van der Waals surface area contributed by atoms with Crippen LogP contribution in [0.4, 0.5) is 16.2 Å². The van der Waals surface area contributed by atoms with Crippen LogP contribution in [0.5, 0.6) is 0 Å². The van der Waals surface area contributed by atoms with Crippen LogP contribution in [0, 0.1) is 17.2 Å². The molecule has 9 heteroatoms. The van der Waals surface area contributed by atoms with E-state index in [4.69, 9.17) is 5.26 Å². The number of aromatic nitrogens is 4. The van der Waals surface area contributed by atoms with E-state index in [1.165, 1.54) is 0 Å². The third-order valence-electron chi connectivity index (χ3n) is 3.84. The van der Waals surface area contributed by atoms with Gasteiger partial charge in [-0.25, -0.2) is 9.48 Å². The largest absolute Gasteiger partial charge is 0.323 e. The molecule has 0 aliphatic heterocycles. The van der Waals surface area contributed by atoms with Gasteiger partial charge in [-0.15, -0.1) is 16.9 Å². The first-order valence-electron chi connectivity index (χ1n) is 8.59. The minimum absolute atomic E-state index is 0.0651. The molecule has 1 aromatic heterocycles. The van der Waals surface area contributed by atoms with Crippen molar-refractivity contribution in [2.75, 3.05) is 16.4 Å². The first-order valence-corrected chi connectivity index (χ1v) is 9.57. The quantitative estimate of drug-likeness (QED) is 0.617. The lowest BCUT2D eigenvalue weighted by Gasteiger charge is -2.12. The van der Waals surface area contributed by atoms with Crippen molar-refractivity contribution < 1.29 is 4.79 Å². The number of amides is 2. The van der Waals surface area contributed by atoms with Crippen LogP contribution in [0.3, 0.4) is 0 Å². The first kappa shape index (κ1) is 19.4. The molecule has 0 fully saturated rings. The minimum Gasteiger partial charge on any atom is -0.308 e. The number of anilines is 2. The summed E-state index contributed by atoms with van der Waals surface area (Å²) in [6.07, 6.45) is 0. The van der Waals surface area contributed by atoms with Crippen LogP contribution in [0.1, 0.15) is 6.92 Å². The van der Waals surface area contributed by atoms with Gasteiger partial charge in [0.15, 0.2) is 5.82 Å². The van der Waals surface area contributed by atoms with Crippen molar-refractivity contribution in [2.45, 2.75) is 11.8 Å². The summed E-state index contributed by atoms with van der Waals surface area (Å²) in [7, 11) is 1.75. The second-order valence-corrected chi connectivity index (χ2v) is 7.19. The molecule has 0 spiro atoms. The molecule has 2 N–H and O–H groups in total. The second-order valence-electron chi connectivity index (χ2n) is 6.12. The summed E-state index contributed by atoms with van der Waals surface area (Å²) in [5, 5.41) is 26.1. The van der Waals surface area contributed by atoms with Gasteiger partial charge in [-0.1, -0.05) is 24.3 Å². The minimum atomic E-state index is -0.352. The predicted octanol–water partition coefficient (Wildman–Crippen LogP) is 3.77. The maximum Gasteiger partial charge on any atom is 0.323 e. The van der Waals surface area contributed by atoms with Gasteiger partial charge in [0.25, 0.3) is 0 Å². The number of rotatable bonds is 6. The van der Waals surface area contributed by atoms with Crippen molar-refractivity contribution in [1.82, 2.24) is 20.2 Å². The van der Waals surface area contributed by atoms with E-state index in [-0.39, 0.29) is 11.9 Å². The fourth-order valence-corrected chi connectivity index (χ4v) is 3.40. The van der Waals surface area contributed by atoms with Crippen LogP contribution < -0.4 is 10.6 Å². The number of tetrazole rings is 1. The Morgan fingerprint density at radius 3 is 2.82 bits per heavy atom. The fraction of sp³-hybridized carbons (Fsp3) is 0.211. The van der Waals surface area contributed by atoms with E-state index >= 15 is 0 Å². The van der Waals surface area contributed by atoms with Gasteiger partial charge in [0.05, 0.1) is 17.7 Å². The molecule has 0 aliphatic rings. The van der Waals surface area contributed by atoms with Crippen LogP contribution in [-0.4, -0.2) is 32.0 Å². The number of benzene rings is 2. The van der Waals surface area contributed by atoms with Gasteiger partial charge in [-0.3, -0.25) is 0 Å². The Morgan fingerprint density at radius 1 is 1.25 bits per heavy atom. The second kappa shape index (κ2) is 9.01. The van der Waals surface area contributed by atoms with Crippen molar-refractivity contribution in [2.24, 2.45) is 13.0 Å². The molecule has 0 radical (unpaired) electrons. The van der Waals surface area contributed by atoms with E-state index in [0.29, 0.717) is 23.0 Å². The normalized spacial score (nSPS) is 11.5. The average molecular weight is 393 g/mol. The Hall–Kier alpha value is -3.38. The summed E-state index contributed by atoms with van der Waals surface area (Å²) in [5.74, 6) is 1.20. The average Bonchev–Trinajstić information content (AvgIpc) is 3.13. The Balaban J connectivity index is 1.68.